The van der Waals surface area contributed by atoms with Crippen molar-refractivity contribution in [1.29, 1.82) is 0 Å². The summed E-state index contributed by atoms with van der Waals surface area (Å²) >= 11 is 3.20. The van der Waals surface area contributed by atoms with Gasteiger partial charge in [0, 0.05) is 10.5 Å². The molecule has 0 aliphatic heterocycles. The molecule has 0 amide bonds. The fraction of sp³-hybridized carbons (Fsp3) is 0.333. The summed E-state index contributed by atoms with van der Waals surface area (Å²) in [5, 5.41) is 10.9. The molecular weight excluding hydrogens is 301 g/mol. The number of aromatic nitrogens is 2. The molecule has 96 valence electrons. The Bertz CT molecular complexity index is 542. The van der Waals surface area contributed by atoms with Crippen LogP contribution in [0.25, 0.3) is 11.5 Å². The highest BCUT2D eigenvalue weighted by Gasteiger charge is 2.13. The first kappa shape index (κ1) is 13.2. The second kappa shape index (κ2) is 5.58. The summed E-state index contributed by atoms with van der Waals surface area (Å²) in [6.07, 6.45) is 0. The summed E-state index contributed by atoms with van der Waals surface area (Å²) in [4.78, 5) is 0. The molecule has 1 heterocycles. The zero-order valence-corrected chi connectivity index (χ0v) is 11.7. The predicted molar refractivity (Wildman–Crippen MR) is 69.4 cm³/mol. The molecule has 0 fully saturated rings. The molecule has 2 rings (SSSR count). The second-order valence-corrected chi connectivity index (χ2v) is 5.08. The van der Waals surface area contributed by atoms with E-state index >= 15 is 0 Å². The Hall–Kier alpha value is -1.27. The van der Waals surface area contributed by atoms with E-state index < -0.39 is 5.82 Å². The Morgan fingerprint density at radius 2 is 2.17 bits per heavy atom. The van der Waals surface area contributed by atoms with Crippen molar-refractivity contribution >= 4 is 15.9 Å². The SMILES string of the molecule is CC(C)NCc1nnc(-c2ccc(Br)cc2F)o1. The van der Waals surface area contributed by atoms with Crippen molar-refractivity contribution in [2.75, 3.05) is 0 Å². The summed E-state index contributed by atoms with van der Waals surface area (Å²) < 4.78 is 19.8. The van der Waals surface area contributed by atoms with E-state index in [4.69, 9.17) is 4.42 Å². The van der Waals surface area contributed by atoms with Crippen molar-refractivity contribution in [2.45, 2.75) is 26.4 Å². The van der Waals surface area contributed by atoms with Crippen LogP contribution < -0.4 is 5.32 Å². The van der Waals surface area contributed by atoms with Gasteiger partial charge in [-0.25, -0.2) is 4.39 Å². The van der Waals surface area contributed by atoms with Crippen molar-refractivity contribution < 1.29 is 8.81 Å². The van der Waals surface area contributed by atoms with Gasteiger partial charge in [0.05, 0.1) is 12.1 Å². The molecule has 0 spiro atoms. The minimum Gasteiger partial charge on any atom is -0.419 e. The van der Waals surface area contributed by atoms with Crippen LogP contribution in [-0.4, -0.2) is 16.2 Å². The van der Waals surface area contributed by atoms with Gasteiger partial charge in [-0.05, 0) is 18.2 Å². The van der Waals surface area contributed by atoms with Crippen molar-refractivity contribution in [3.8, 4) is 11.5 Å². The van der Waals surface area contributed by atoms with E-state index in [9.17, 15) is 4.39 Å². The molecule has 18 heavy (non-hydrogen) atoms. The third-order valence-corrected chi connectivity index (χ3v) is 2.78. The molecule has 0 aliphatic carbocycles. The number of halogens is 2. The number of hydrogen-bond donors (Lipinski definition) is 1. The van der Waals surface area contributed by atoms with E-state index in [0.29, 0.717) is 28.5 Å². The van der Waals surface area contributed by atoms with E-state index in [1.165, 1.54) is 6.07 Å². The van der Waals surface area contributed by atoms with Gasteiger partial charge in [-0.15, -0.1) is 10.2 Å². The van der Waals surface area contributed by atoms with Crippen molar-refractivity contribution in [2.24, 2.45) is 0 Å². The van der Waals surface area contributed by atoms with Crippen molar-refractivity contribution in [1.82, 2.24) is 15.5 Å². The molecule has 1 aromatic heterocycles. The lowest BCUT2D eigenvalue weighted by Gasteiger charge is -2.03. The van der Waals surface area contributed by atoms with Crippen LogP contribution >= 0.6 is 15.9 Å². The number of rotatable bonds is 4. The maximum absolute atomic E-state index is 13.7. The summed E-state index contributed by atoms with van der Waals surface area (Å²) in [7, 11) is 0. The molecule has 0 saturated heterocycles. The van der Waals surface area contributed by atoms with Gasteiger partial charge in [0.15, 0.2) is 0 Å². The first-order chi connectivity index (χ1) is 8.56. The predicted octanol–water partition coefficient (Wildman–Crippen LogP) is 3.14. The number of benzene rings is 1. The average Bonchev–Trinajstić information content (AvgIpc) is 2.75. The minimum absolute atomic E-state index is 0.195. The average molecular weight is 314 g/mol. The van der Waals surface area contributed by atoms with Gasteiger partial charge in [-0.2, -0.15) is 0 Å². The minimum atomic E-state index is -0.392. The van der Waals surface area contributed by atoms with Crippen LogP contribution in [0.15, 0.2) is 27.1 Å². The zero-order valence-electron chi connectivity index (χ0n) is 10.1. The Labute approximate surface area is 113 Å². The molecule has 0 unspecified atom stereocenters. The van der Waals surface area contributed by atoms with Crippen LogP contribution in [0.5, 0.6) is 0 Å². The molecule has 2 aromatic rings. The van der Waals surface area contributed by atoms with Gasteiger partial charge in [0.25, 0.3) is 5.89 Å². The van der Waals surface area contributed by atoms with E-state index in [0.717, 1.165) is 0 Å². The van der Waals surface area contributed by atoms with Gasteiger partial charge >= 0.3 is 0 Å². The number of hydrogen-bond acceptors (Lipinski definition) is 4. The Balaban J connectivity index is 2.18. The number of nitrogens with zero attached hydrogens (tertiary/aromatic N) is 2. The molecule has 0 saturated carbocycles. The lowest BCUT2D eigenvalue weighted by atomic mass is 10.2. The molecule has 4 nitrogen and oxygen atoms in total. The molecular formula is C12H13BrFN3O. The van der Waals surface area contributed by atoms with Crippen LogP contribution in [0.4, 0.5) is 4.39 Å². The van der Waals surface area contributed by atoms with Gasteiger partial charge in [0.2, 0.25) is 5.89 Å². The lowest BCUT2D eigenvalue weighted by molar-refractivity contribution is 0.457. The Morgan fingerprint density at radius 1 is 1.39 bits per heavy atom. The van der Waals surface area contributed by atoms with Gasteiger partial charge in [-0.3, -0.25) is 0 Å². The molecule has 0 aliphatic rings. The summed E-state index contributed by atoms with van der Waals surface area (Å²) in [5.74, 6) is 0.248. The maximum Gasteiger partial charge on any atom is 0.250 e. The third-order valence-electron chi connectivity index (χ3n) is 2.29. The fourth-order valence-electron chi connectivity index (χ4n) is 1.39. The van der Waals surface area contributed by atoms with Crippen LogP contribution in [0.1, 0.15) is 19.7 Å². The largest absolute Gasteiger partial charge is 0.419 e. The van der Waals surface area contributed by atoms with Crippen LogP contribution in [0, 0.1) is 5.82 Å². The third kappa shape index (κ3) is 3.14. The van der Waals surface area contributed by atoms with Crippen molar-refractivity contribution in [3.63, 3.8) is 0 Å². The molecule has 1 aromatic carbocycles. The molecule has 0 radical (unpaired) electrons. The first-order valence-corrected chi connectivity index (χ1v) is 6.36. The fourth-order valence-corrected chi connectivity index (χ4v) is 1.72. The molecule has 0 atom stereocenters. The Kier molecular flexibility index (Phi) is 4.08. The van der Waals surface area contributed by atoms with E-state index in [1.54, 1.807) is 12.1 Å². The maximum atomic E-state index is 13.7. The smallest absolute Gasteiger partial charge is 0.250 e. The van der Waals surface area contributed by atoms with Gasteiger partial charge in [0.1, 0.15) is 5.82 Å². The topological polar surface area (TPSA) is 51.0 Å². The molecule has 6 heteroatoms. The van der Waals surface area contributed by atoms with Gasteiger partial charge < -0.3 is 9.73 Å². The first-order valence-electron chi connectivity index (χ1n) is 5.57. The quantitative estimate of drug-likeness (QED) is 0.942. The van der Waals surface area contributed by atoms with Crippen LogP contribution in [-0.2, 0) is 6.54 Å². The monoisotopic (exact) mass is 313 g/mol. The van der Waals surface area contributed by atoms with Crippen molar-refractivity contribution in [3.05, 3.63) is 34.4 Å². The molecule has 1 N–H and O–H groups in total. The summed E-state index contributed by atoms with van der Waals surface area (Å²) in [5.41, 5.74) is 0.307. The second-order valence-electron chi connectivity index (χ2n) is 4.16. The van der Waals surface area contributed by atoms with E-state index in [-0.39, 0.29) is 5.89 Å². The highest BCUT2D eigenvalue weighted by atomic mass is 79.9. The van der Waals surface area contributed by atoms with Gasteiger partial charge in [-0.1, -0.05) is 29.8 Å². The zero-order chi connectivity index (χ0) is 13.1. The van der Waals surface area contributed by atoms with Crippen LogP contribution in [0.2, 0.25) is 0 Å². The van der Waals surface area contributed by atoms with Crippen LogP contribution in [0.3, 0.4) is 0 Å². The highest BCUT2D eigenvalue weighted by molar-refractivity contribution is 9.10. The molecule has 0 bridgehead atoms. The van der Waals surface area contributed by atoms with E-state index in [2.05, 4.69) is 31.4 Å². The lowest BCUT2D eigenvalue weighted by Crippen LogP contribution is -2.21. The number of nitrogens with one attached hydrogen (secondary N) is 1. The van der Waals surface area contributed by atoms with E-state index in [1.807, 2.05) is 13.8 Å². The summed E-state index contributed by atoms with van der Waals surface area (Å²) in [6, 6.07) is 5.03. The highest BCUT2D eigenvalue weighted by Crippen LogP contribution is 2.24. The normalized spacial score (nSPS) is 11.2. The summed E-state index contributed by atoms with van der Waals surface area (Å²) in [6.45, 7) is 4.51. The standard InChI is InChI=1S/C12H13BrFN3O/c1-7(2)15-6-11-16-17-12(18-11)9-4-3-8(13)5-10(9)14/h3-5,7,15H,6H2,1-2H3. The Morgan fingerprint density at radius 3 is 2.83 bits per heavy atom.